The van der Waals surface area contributed by atoms with E-state index in [1.807, 2.05) is 0 Å². The fraction of sp³-hybridized carbons (Fsp3) is 0.821. The standard InChI is InChI=1S/C39H68O8/c1-8-9-10-13-30(2)14-11-15-31(3)16-12-19-39(7)20-17-35-34(6)37(32(4)33(5)38(35)47-39)46-29-28-45-27-26-44-25-24-43-23-22-42-21-18-36(40)41/h30-31H,8-29H2,1-7H3,(H,40,41)/t30-,31-,39-/m1/s1. The molecule has 0 fully saturated rings. The lowest BCUT2D eigenvalue weighted by Crippen LogP contribution is -2.37. The molecule has 8 nitrogen and oxygen atoms in total. The molecular weight excluding hydrogens is 596 g/mol. The Labute approximate surface area is 286 Å². The second kappa shape index (κ2) is 23.5. The van der Waals surface area contributed by atoms with Gasteiger partial charge < -0.3 is 33.5 Å². The fourth-order valence-electron chi connectivity index (χ4n) is 6.47. The van der Waals surface area contributed by atoms with Crippen LogP contribution in [-0.4, -0.2) is 76.1 Å². The predicted octanol–water partition coefficient (Wildman–Crippen LogP) is 8.81. The Morgan fingerprint density at radius 1 is 0.745 bits per heavy atom. The van der Waals surface area contributed by atoms with Crippen molar-refractivity contribution in [1.29, 1.82) is 0 Å². The normalized spacial score (nSPS) is 17.3. The molecule has 0 aliphatic carbocycles. The van der Waals surface area contributed by atoms with Gasteiger partial charge in [-0.2, -0.15) is 0 Å². The van der Waals surface area contributed by atoms with Crippen LogP contribution in [0, 0.1) is 32.6 Å². The Hall–Kier alpha value is -1.87. The van der Waals surface area contributed by atoms with Gasteiger partial charge >= 0.3 is 5.97 Å². The number of hydrogen-bond acceptors (Lipinski definition) is 7. The predicted molar refractivity (Wildman–Crippen MR) is 189 cm³/mol. The molecule has 1 aromatic carbocycles. The van der Waals surface area contributed by atoms with Gasteiger partial charge in [-0.05, 0) is 81.9 Å². The highest BCUT2D eigenvalue weighted by Gasteiger charge is 2.34. The molecule has 0 aromatic heterocycles. The lowest BCUT2D eigenvalue weighted by atomic mass is 9.83. The number of hydrogen-bond donors (Lipinski definition) is 1. The number of carboxylic acids is 1. The maximum Gasteiger partial charge on any atom is 0.305 e. The third kappa shape index (κ3) is 16.4. The van der Waals surface area contributed by atoms with E-state index in [0.29, 0.717) is 52.9 Å². The first-order valence-electron chi connectivity index (χ1n) is 18.5. The third-order valence-corrected chi connectivity index (χ3v) is 9.71. The molecule has 1 N–H and O–H groups in total. The first kappa shape index (κ1) is 41.3. The van der Waals surface area contributed by atoms with Crippen molar-refractivity contribution in [3.05, 3.63) is 22.3 Å². The number of unbranched alkanes of at least 4 members (excludes halogenated alkanes) is 2. The van der Waals surface area contributed by atoms with Crippen molar-refractivity contribution in [2.24, 2.45) is 11.8 Å². The van der Waals surface area contributed by atoms with Gasteiger partial charge in [-0.3, -0.25) is 4.79 Å². The minimum Gasteiger partial charge on any atom is -0.491 e. The Kier molecular flexibility index (Phi) is 20.6. The van der Waals surface area contributed by atoms with Crippen LogP contribution < -0.4 is 9.47 Å². The molecule has 8 heteroatoms. The van der Waals surface area contributed by atoms with E-state index in [1.54, 1.807) is 0 Å². The van der Waals surface area contributed by atoms with Gasteiger partial charge in [0, 0.05) is 5.56 Å². The highest BCUT2D eigenvalue weighted by molar-refractivity contribution is 5.66. The Balaban J connectivity index is 1.65. The molecule has 0 saturated carbocycles. The lowest BCUT2D eigenvalue weighted by Gasteiger charge is -2.38. The average molecular weight is 665 g/mol. The fourth-order valence-corrected chi connectivity index (χ4v) is 6.47. The Morgan fingerprint density at radius 3 is 1.85 bits per heavy atom. The minimum absolute atomic E-state index is 0.00748. The summed E-state index contributed by atoms with van der Waals surface area (Å²) in [5.74, 6) is 2.84. The van der Waals surface area contributed by atoms with Crippen LogP contribution in [0.1, 0.15) is 127 Å². The third-order valence-electron chi connectivity index (χ3n) is 9.71. The van der Waals surface area contributed by atoms with Gasteiger partial charge in [-0.1, -0.05) is 72.1 Å². The highest BCUT2D eigenvalue weighted by atomic mass is 16.6. The van der Waals surface area contributed by atoms with Gasteiger partial charge in [0.15, 0.2) is 0 Å². The van der Waals surface area contributed by atoms with Crippen molar-refractivity contribution in [2.75, 3.05) is 59.5 Å². The smallest absolute Gasteiger partial charge is 0.305 e. The summed E-state index contributed by atoms with van der Waals surface area (Å²) in [4.78, 5) is 10.4. The van der Waals surface area contributed by atoms with Gasteiger partial charge in [0.25, 0.3) is 0 Å². The van der Waals surface area contributed by atoms with Crippen LogP contribution in [0.15, 0.2) is 0 Å². The molecule has 0 unspecified atom stereocenters. The van der Waals surface area contributed by atoms with E-state index >= 15 is 0 Å². The van der Waals surface area contributed by atoms with Gasteiger partial charge in [-0.25, -0.2) is 0 Å². The molecule has 272 valence electrons. The van der Waals surface area contributed by atoms with Crippen molar-refractivity contribution < 1.29 is 38.3 Å². The average Bonchev–Trinajstić information content (AvgIpc) is 3.03. The molecule has 3 atom stereocenters. The molecule has 1 heterocycles. The molecule has 1 aliphatic heterocycles. The van der Waals surface area contributed by atoms with E-state index in [0.717, 1.165) is 48.2 Å². The van der Waals surface area contributed by atoms with Crippen molar-refractivity contribution in [2.45, 2.75) is 138 Å². The van der Waals surface area contributed by atoms with E-state index < -0.39 is 5.97 Å². The van der Waals surface area contributed by atoms with Crippen LogP contribution in [0.2, 0.25) is 0 Å². The Bertz CT molecular complexity index is 1010. The zero-order chi connectivity index (χ0) is 34.5. The van der Waals surface area contributed by atoms with E-state index in [-0.39, 0.29) is 18.6 Å². The lowest BCUT2D eigenvalue weighted by molar-refractivity contribution is -0.138. The van der Waals surface area contributed by atoms with Crippen LogP contribution in [0.25, 0.3) is 0 Å². The van der Waals surface area contributed by atoms with Crippen molar-refractivity contribution in [3.8, 4) is 11.5 Å². The largest absolute Gasteiger partial charge is 0.491 e. The van der Waals surface area contributed by atoms with Crippen LogP contribution in [0.4, 0.5) is 0 Å². The second-order valence-electron chi connectivity index (χ2n) is 14.0. The van der Waals surface area contributed by atoms with Gasteiger partial charge in [0.1, 0.15) is 23.7 Å². The van der Waals surface area contributed by atoms with Gasteiger partial charge in [-0.15, -0.1) is 0 Å². The quantitative estimate of drug-likeness (QED) is 0.0889. The first-order chi connectivity index (χ1) is 22.6. The number of aliphatic carboxylic acids is 1. The molecule has 2 rings (SSSR count). The topological polar surface area (TPSA) is 92.7 Å². The van der Waals surface area contributed by atoms with Crippen molar-refractivity contribution in [1.82, 2.24) is 0 Å². The molecule has 1 aromatic rings. The van der Waals surface area contributed by atoms with Crippen molar-refractivity contribution in [3.63, 3.8) is 0 Å². The summed E-state index contributed by atoms with van der Waals surface area (Å²) < 4.78 is 34.9. The molecule has 0 bridgehead atoms. The number of benzene rings is 1. The van der Waals surface area contributed by atoms with Gasteiger partial charge in [0.2, 0.25) is 0 Å². The van der Waals surface area contributed by atoms with Crippen LogP contribution in [-0.2, 0) is 30.2 Å². The summed E-state index contributed by atoms with van der Waals surface area (Å²) in [5, 5.41) is 8.56. The Morgan fingerprint density at radius 2 is 1.28 bits per heavy atom. The maximum absolute atomic E-state index is 10.4. The monoisotopic (exact) mass is 664 g/mol. The van der Waals surface area contributed by atoms with E-state index in [2.05, 4.69) is 48.5 Å². The molecule has 0 spiro atoms. The minimum atomic E-state index is -0.862. The summed E-state index contributed by atoms with van der Waals surface area (Å²) in [6, 6.07) is 0. The van der Waals surface area contributed by atoms with Crippen LogP contribution in [0.5, 0.6) is 11.5 Å². The summed E-state index contributed by atoms with van der Waals surface area (Å²) in [6.45, 7) is 19.8. The van der Waals surface area contributed by atoms with Gasteiger partial charge in [0.05, 0.1) is 59.3 Å². The SMILES string of the molecule is CCCCC[C@@H](C)CCC[C@@H](C)CCC[C@]1(C)CCc2c(C)c(OCCOCCOCCOCCOCCC(=O)O)c(C)c(C)c2O1. The van der Waals surface area contributed by atoms with Crippen LogP contribution in [0.3, 0.4) is 0 Å². The second-order valence-corrected chi connectivity index (χ2v) is 14.0. The molecule has 0 amide bonds. The molecule has 1 aliphatic rings. The summed E-state index contributed by atoms with van der Waals surface area (Å²) in [7, 11) is 0. The molecule has 0 radical (unpaired) electrons. The van der Waals surface area contributed by atoms with Crippen LogP contribution >= 0.6 is 0 Å². The number of carboxylic acid groups (broad SMARTS) is 1. The maximum atomic E-state index is 10.4. The molecule has 0 saturated heterocycles. The number of carbonyl (C=O) groups is 1. The highest BCUT2D eigenvalue weighted by Crippen LogP contribution is 2.45. The molecule has 47 heavy (non-hydrogen) atoms. The first-order valence-corrected chi connectivity index (χ1v) is 18.5. The number of rotatable bonds is 28. The van der Waals surface area contributed by atoms with E-state index in [9.17, 15) is 4.79 Å². The summed E-state index contributed by atoms with van der Waals surface area (Å²) in [6.07, 6.45) is 15.3. The summed E-state index contributed by atoms with van der Waals surface area (Å²) in [5.41, 5.74) is 4.73. The zero-order valence-electron chi connectivity index (χ0n) is 31.0. The van der Waals surface area contributed by atoms with E-state index in [1.165, 1.54) is 74.5 Å². The van der Waals surface area contributed by atoms with E-state index in [4.69, 9.17) is 33.5 Å². The summed E-state index contributed by atoms with van der Waals surface area (Å²) >= 11 is 0. The van der Waals surface area contributed by atoms with Crippen molar-refractivity contribution >= 4 is 5.97 Å². The number of ether oxygens (including phenoxy) is 6. The molecular formula is C39H68O8. The number of fused-ring (bicyclic) bond motifs is 1. The zero-order valence-corrected chi connectivity index (χ0v) is 31.0.